The van der Waals surface area contributed by atoms with Crippen molar-refractivity contribution in [3.05, 3.63) is 53.3 Å². The Morgan fingerprint density at radius 3 is 2.65 bits per heavy atom. The zero-order chi connectivity index (χ0) is 19.3. The first-order valence-corrected chi connectivity index (χ1v) is 7.86. The molecule has 26 heavy (non-hydrogen) atoms. The van der Waals surface area contributed by atoms with Gasteiger partial charge in [-0.1, -0.05) is 12.1 Å². The van der Waals surface area contributed by atoms with Gasteiger partial charge in [0.1, 0.15) is 18.1 Å². The fraction of sp³-hybridized carbons (Fsp3) is 0.278. The number of nitrogens with one attached hydrogen (secondary N) is 2. The second kappa shape index (κ2) is 8.48. The molecule has 0 radical (unpaired) electrons. The maximum atomic E-state index is 12.4. The number of Topliss-reactive ketones (excluding diaryl/α,β-unsaturated/α-hetero) is 1. The molecule has 8 heteroatoms. The number of aromatic nitrogens is 1. The summed E-state index contributed by atoms with van der Waals surface area (Å²) in [6.45, 7) is 0.155. The Labute approximate surface area is 149 Å². The molecule has 0 aliphatic rings. The van der Waals surface area contributed by atoms with Gasteiger partial charge in [-0.15, -0.1) is 0 Å². The first-order valence-electron chi connectivity index (χ1n) is 7.86. The highest BCUT2D eigenvalue weighted by Crippen LogP contribution is 2.23. The van der Waals surface area contributed by atoms with Crippen molar-refractivity contribution >= 4 is 17.2 Å². The Kier molecular flexibility index (Phi) is 6.35. The van der Waals surface area contributed by atoms with E-state index in [4.69, 9.17) is 10.5 Å². The van der Waals surface area contributed by atoms with Crippen LogP contribution in [0.2, 0.25) is 0 Å². The lowest BCUT2D eigenvalue weighted by atomic mass is 10.0. The van der Waals surface area contributed by atoms with E-state index in [0.29, 0.717) is 11.3 Å². The number of halogens is 2. The molecule has 1 heterocycles. The topological polar surface area (TPSA) is 95.3 Å². The van der Waals surface area contributed by atoms with Crippen LogP contribution in [0.1, 0.15) is 35.5 Å². The molecule has 0 fully saturated rings. The molecule has 1 aromatic heterocycles. The second-order valence-corrected chi connectivity index (χ2v) is 5.78. The highest BCUT2D eigenvalue weighted by atomic mass is 19.3. The molecule has 2 aromatic rings. The second-order valence-electron chi connectivity index (χ2n) is 5.78. The number of carbonyl (C=O) groups is 1. The van der Waals surface area contributed by atoms with Gasteiger partial charge in [0.2, 0.25) is 0 Å². The quantitative estimate of drug-likeness (QED) is 0.495. The van der Waals surface area contributed by atoms with Gasteiger partial charge in [-0.2, -0.15) is 8.78 Å². The summed E-state index contributed by atoms with van der Waals surface area (Å²) < 4.78 is 29.1. The summed E-state index contributed by atoms with van der Waals surface area (Å²) in [4.78, 5) is 15.9. The maximum absolute atomic E-state index is 12.4. The number of benzene rings is 1. The molecule has 1 aromatic carbocycles. The number of nitrogens with zero attached hydrogens (tertiary/aromatic N) is 1. The smallest absolute Gasteiger partial charge is 0.387 e. The van der Waals surface area contributed by atoms with Gasteiger partial charge >= 0.3 is 6.61 Å². The summed E-state index contributed by atoms with van der Waals surface area (Å²) in [6, 6.07) is 7.27. The average molecular weight is 363 g/mol. The molecule has 138 valence electrons. The van der Waals surface area contributed by atoms with Crippen LogP contribution in [0, 0.1) is 5.41 Å². The maximum Gasteiger partial charge on any atom is 0.387 e. The average Bonchev–Trinajstić information content (AvgIpc) is 2.59. The molecular weight excluding hydrogens is 344 g/mol. The van der Waals surface area contributed by atoms with Crippen molar-refractivity contribution in [1.29, 1.82) is 5.41 Å². The van der Waals surface area contributed by atoms with Crippen LogP contribution in [0.25, 0.3) is 0 Å². The lowest BCUT2D eigenvalue weighted by Crippen LogP contribution is -2.17. The SMILES string of the molecule is CC(C)Nc1cc(C(=O)CO)cnc1C(=N)c1cccc(OC(F)F)c1. The summed E-state index contributed by atoms with van der Waals surface area (Å²) >= 11 is 0. The number of hydrogen-bond donors (Lipinski definition) is 3. The highest BCUT2D eigenvalue weighted by molar-refractivity contribution is 6.13. The summed E-state index contributed by atoms with van der Waals surface area (Å²) in [7, 11) is 0. The minimum atomic E-state index is -2.96. The molecule has 0 bridgehead atoms. The molecule has 0 aliphatic heterocycles. The molecule has 0 saturated heterocycles. The molecule has 0 atom stereocenters. The van der Waals surface area contributed by atoms with E-state index >= 15 is 0 Å². The number of pyridine rings is 1. The van der Waals surface area contributed by atoms with Crippen molar-refractivity contribution < 1.29 is 23.4 Å². The van der Waals surface area contributed by atoms with Gasteiger partial charge in [0.25, 0.3) is 0 Å². The zero-order valence-electron chi connectivity index (χ0n) is 14.3. The van der Waals surface area contributed by atoms with Crippen molar-refractivity contribution in [3.63, 3.8) is 0 Å². The van der Waals surface area contributed by atoms with Crippen molar-refractivity contribution in [2.24, 2.45) is 0 Å². The highest BCUT2D eigenvalue weighted by Gasteiger charge is 2.17. The molecule has 6 nitrogen and oxygen atoms in total. The van der Waals surface area contributed by atoms with Crippen LogP contribution in [0.5, 0.6) is 5.75 Å². The monoisotopic (exact) mass is 363 g/mol. The van der Waals surface area contributed by atoms with Crippen LogP contribution < -0.4 is 10.1 Å². The Hall–Kier alpha value is -2.87. The first-order chi connectivity index (χ1) is 12.3. The van der Waals surface area contributed by atoms with Crippen LogP contribution in [-0.4, -0.2) is 40.8 Å². The van der Waals surface area contributed by atoms with Gasteiger partial charge in [0, 0.05) is 23.4 Å². The fourth-order valence-corrected chi connectivity index (χ4v) is 2.29. The van der Waals surface area contributed by atoms with E-state index in [9.17, 15) is 13.6 Å². The lowest BCUT2D eigenvalue weighted by Gasteiger charge is -2.16. The molecule has 0 saturated carbocycles. The van der Waals surface area contributed by atoms with Crippen LogP contribution in [-0.2, 0) is 0 Å². The number of anilines is 1. The van der Waals surface area contributed by atoms with E-state index in [1.54, 1.807) is 6.07 Å². The van der Waals surface area contributed by atoms with Gasteiger partial charge in [0.05, 0.1) is 11.4 Å². The standard InChI is InChI=1S/C18H19F2N3O3/c1-10(2)23-14-7-12(15(25)9-24)8-22-17(14)16(21)11-4-3-5-13(6-11)26-18(19)20/h3-8,10,18,21,23-24H,9H2,1-2H3. The first kappa shape index (κ1) is 19.5. The predicted molar refractivity (Wildman–Crippen MR) is 93.4 cm³/mol. The number of rotatable bonds is 8. The Bertz CT molecular complexity index is 810. The van der Waals surface area contributed by atoms with E-state index < -0.39 is 19.0 Å². The molecule has 0 amide bonds. The Morgan fingerprint density at radius 2 is 2.04 bits per heavy atom. The number of aliphatic hydroxyl groups excluding tert-OH is 1. The number of carbonyl (C=O) groups excluding carboxylic acids is 1. The third kappa shape index (κ3) is 4.82. The number of hydrogen-bond acceptors (Lipinski definition) is 6. The van der Waals surface area contributed by atoms with Crippen molar-refractivity contribution in [2.75, 3.05) is 11.9 Å². The number of alkyl halides is 2. The van der Waals surface area contributed by atoms with Gasteiger partial charge in [0.15, 0.2) is 5.78 Å². The van der Waals surface area contributed by atoms with Gasteiger partial charge in [-0.3, -0.25) is 15.2 Å². The van der Waals surface area contributed by atoms with E-state index in [-0.39, 0.29) is 28.8 Å². The number of ether oxygens (including phenoxy) is 1. The van der Waals surface area contributed by atoms with Gasteiger partial charge < -0.3 is 15.2 Å². The Balaban J connectivity index is 2.42. The van der Waals surface area contributed by atoms with Gasteiger partial charge in [-0.25, -0.2) is 0 Å². The molecule has 0 spiro atoms. The largest absolute Gasteiger partial charge is 0.435 e. The lowest BCUT2D eigenvalue weighted by molar-refractivity contribution is -0.0498. The minimum Gasteiger partial charge on any atom is -0.435 e. The van der Waals surface area contributed by atoms with Crippen LogP contribution >= 0.6 is 0 Å². The molecule has 0 unspecified atom stereocenters. The summed E-state index contributed by atoms with van der Waals surface area (Å²) in [5.74, 6) is -0.553. The molecule has 0 aliphatic carbocycles. The summed E-state index contributed by atoms with van der Waals surface area (Å²) in [5.41, 5.74) is 1.22. The zero-order valence-corrected chi connectivity index (χ0v) is 14.3. The van der Waals surface area contributed by atoms with E-state index in [1.165, 1.54) is 30.5 Å². The predicted octanol–water partition coefficient (Wildman–Crippen LogP) is 3.09. The number of ketones is 1. The van der Waals surface area contributed by atoms with Crippen LogP contribution in [0.15, 0.2) is 36.5 Å². The van der Waals surface area contributed by atoms with Crippen LogP contribution in [0.4, 0.5) is 14.5 Å². The van der Waals surface area contributed by atoms with E-state index in [1.807, 2.05) is 13.8 Å². The van der Waals surface area contributed by atoms with E-state index in [2.05, 4.69) is 15.0 Å². The minimum absolute atomic E-state index is 0.00340. The molecule has 3 N–H and O–H groups in total. The molecular formula is C18H19F2N3O3. The number of aliphatic hydroxyl groups is 1. The molecule has 2 rings (SSSR count). The van der Waals surface area contributed by atoms with E-state index in [0.717, 1.165) is 0 Å². The normalized spacial score (nSPS) is 10.9. The summed E-state index contributed by atoms with van der Waals surface area (Å²) in [5, 5.41) is 20.5. The van der Waals surface area contributed by atoms with Crippen LogP contribution in [0.3, 0.4) is 0 Å². The fourth-order valence-electron chi connectivity index (χ4n) is 2.29. The Morgan fingerprint density at radius 1 is 1.31 bits per heavy atom. The third-order valence-corrected chi connectivity index (χ3v) is 3.38. The van der Waals surface area contributed by atoms with Crippen molar-refractivity contribution in [3.8, 4) is 5.75 Å². The van der Waals surface area contributed by atoms with Gasteiger partial charge in [-0.05, 0) is 32.0 Å². The summed E-state index contributed by atoms with van der Waals surface area (Å²) in [6.07, 6.45) is 1.27. The van der Waals surface area contributed by atoms with Crippen molar-refractivity contribution in [1.82, 2.24) is 4.98 Å². The third-order valence-electron chi connectivity index (χ3n) is 3.38. The van der Waals surface area contributed by atoms with Crippen molar-refractivity contribution in [2.45, 2.75) is 26.5 Å².